The van der Waals surface area contributed by atoms with E-state index in [2.05, 4.69) is 0 Å². The zero-order valence-corrected chi connectivity index (χ0v) is 14.7. The zero-order chi connectivity index (χ0) is 19.0. The summed E-state index contributed by atoms with van der Waals surface area (Å²) < 4.78 is 61.7. The number of nitrogens with one attached hydrogen (secondary N) is 1. The van der Waals surface area contributed by atoms with Crippen molar-refractivity contribution in [3.63, 3.8) is 0 Å². The van der Waals surface area contributed by atoms with Gasteiger partial charge in [0.2, 0.25) is 0 Å². The normalized spacial score (nSPS) is 27.5. The Labute approximate surface area is 142 Å². The monoisotopic (exact) mass is 400 g/mol. The van der Waals surface area contributed by atoms with Crippen LogP contribution in [0.5, 0.6) is 0 Å². The predicted octanol–water partition coefficient (Wildman–Crippen LogP) is -2.88. The lowest BCUT2D eigenvalue weighted by molar-refractivity contribution is -0.0503. The number of aliphatic hydroxyl groups excluding tert-OH is 1. The van der Waals surface area contributed by atoms with Crippen molar-refractivity contribution in [1.29, 1.82) is 0 Å². The Balaban J connectivity index is 2.53. The van der Waals surface area contributed by atoms with Gasteiger partial charge in [-0.1, -0.05) is 0 Å². The molecule has 0 unspecified atom stereocenters. The van der Waals surface area contributed by atoms with Gasteiger partial charge in [0.25, 0.3) is 25.8 Å². The van der Waals surface area contributed by atoms with E-state index < -0.39 is 62.6 Å². The van der Waals surface area contributed by atoms with Crippen molar-refractivity contribution in [2.75, 3.05) is 19.1 Å². The molecule has 14 heteroatoms. The molecule has 1 aromatic rings. The standard InChI is InChI=1S/C11H16N2O10S2/c1-24(17,18)22-8-6(5-14)21-10(9(8)23-25(2,19)20)13-4-3-7(15)12-11(13)16/h3-4,6,8-10,14H,5H2,1-2H3,(H,12,15,16)/t6-,8-,9-,10-/m1/s1. The molecule has 2 heterocycles. The Hall–Kier alpha value is -1.58. The van der Waals surface area contributed by atoms with Crippen LogP contribution in [-0.2, 0) is 33.3 Å². The topological polar surface area (TPSA) is 171 Å². The first-order valence-electron chi connectivity index (χ1n) is 6.75. The van der Waals surface area contributed by atoms with Crippen molar-refractivity contribution in [2.24, 2.45) is 0 Å². The minimum Gasteiger partial charge on any atom is -0.394 e. The average Bonchev–Trinajstić information content (AvgIpc) is 2.73. The van der Waals surface area contributed by atoms with Crippen molar-refractivity contribution in [2.45, 2.75) is 24.5 Å². The molecule has 0 spiro atoms. The van der Waals surface area contributed by atoms with Crippen LogP contribution < -0.4 is 11.2 Å². The molecule has 0 amide bonds. The van der Waals surface area contributed by atoms with Crippen LogP contribution in [0.4, 0.5) is 0 Å². The highest BCUT2D eigenvalue weighted by molar-refractivity contribution is 7.86. The summed E-state index contributed by atoms with van der Waals surface area (Å²) in [6, 6.07) is 0.973. The minimum atomic E-state index is -4.11. The summed E-state index contributed by atoms with van der Waals surface area (Å²) in [7, 11) is -8.19. The van der Waals surface area contributed by atoms with Crippen molar-refractivity contribution in [3.8, 4) is 0 Å². The number of aliphatic hydroxyl groups is 1. The van der Waals surface area contributed by atoms with Gasteiger partial charge in [-0.15, -0.1) is 0 Å². The molecule has 25 heavy (non-hydrogen) atoms. The van der Waals surface area contributed by atoms with Crippen LogP contribution in [0, 0.1) is 0 Å². The zero-order valence-electron chi connectivity index (χ0n) is 13.1. The van der Waals surface area contributed by atoms with E-state index in [1.54, 1.807) is 0 Å². The molecular formula is C11H16N2O10S2. The summed E-state index contributed by atoms with van der Waals surface area (Å²) in [5.41, 5.74) is -1.65. The number of aromatic amines is 1. The van der Waals surface area contributed by atoms with Crippen LogP contribution in [0.25, 0.3) is 0 Å². The molecule has 1 aliphatic heterocycles. The summed E-state index contributed by atoms with van der Waals surface area (Å²) in [6.45, 7) is -0.738. The first kappa shape index (κ1) is 19.7. The fourth-order valence-corrected chi connectivity index (χ4v) is 3.57. The molecule has 142 valence electrons. The third-order valence-electron chi connectivity index (χ3n) is 3.16. The van der Waals surface area contributed by atoms with Crippen LogP contribution in [0.2, 0.25) is 0 Å². The van der Waals surface area contributed by atoms with E-state index in [4.69, 9.17) is 13.1 Å². The maximum absolute atomic E-state index is 11.9. The Morgan fingerprint density at radius 1 is 1.16 bits per heavy atom. The van der Waals surface area contributed by atoms with Crippen LogP contribution in [0.1, 0.15) is 6.23 Å². The molecule has 0 bridgehead atoms. The number of hydrogen-bond donors (Lipinski definition) is 2. The van der Waals surface area contributed by atoms with Crippen LogP contribution in [-0.4, -0.2) is 68.9 Å². The molecule has 0 aliphatic carbocycles. The van der Waals surface area contributed by atoms with Crippen LogP contribution in [0.3, 0.4) is 0 Å². The second-order valence-electron chi connectivity index (χ2n) is 5.30. The average molecular weight is 400 g/mol. The van der Waals surface area contributed by atoms with E-state index in [0.29, 0.717) is 6.26 Å². The summed E-state index contributed by atoms with van der Waals surface area (Å²) in [4.78, 5) is 25.0. The first-order valence-corrected chi connectivity index (χ1v) is 10.4. The fourth-order valence-electron chi connectivity index (χ4n) is 2.33. The van der Waals surface area contributed by atoms with Gasteiger partial charge in [0.05, 0.1) is 19.1 Å². The van der Waals surface area contributed by atoms with E-state index in [1.165, 1.54) is 0 Å². The molecule has 4 atom stereocenters. The van der Waals surface area contributed by atoms with Crippen LogP contribution in [0.15, 0.2) is 21.9 Å². The van der Waals surface area contributed by atoms with E-state index >= 15 is 0 Å². The van der Waals surface area contributed by atoms with E-state index in [0.717, 1.165) is 23.1 Å². The van der Waals surface area contributed by atoms with E-state index in [1.807, 2.05) is 4.98 Å². The molecule has 1 fully saturated rings. The molecule has 1 aliphatic rings. The van der Waals surface area contributed by atoms with Crippen molar-refractivity contribution >= 4 is 20.2 Å². The SMILES string of the molecule is CS(=O)(=O)O[C@@H]1[C@H](OS(C)(=O)=O)[C@@H](CO)O[C@H]1n1ccc(=O)[nH]c1=O. The number of ether oxygens (including phenoxy) is 1. The maximum Gasteiger partial charge on any atom is 0.330 e. The van der Waals surface area contributed by atoms with Gasteiger partial charge in [0.1, 0.15) is 12.2 Å². The fraction of sp³-hybridized carbons (Fsp3) is 0.636. The molecule has 1 saturated heterocycles. The molecule has 2 rings (SSSR count). The molecule has 12 nitrogen and oxygen atoms in total. The maximum atomic E-state index is 11.9. The van der Waals surface area contributed by atoms with Gasteiger partial charge >= 0.3 is 5.69 Å². The Bertz CT molecular complexity index is 948. The second-order valence-corrected chi connectivity index (χ2v) is 8.50. The summed E-state index contributed by atoms with van der Waals surface area (Å²) in [5, 5.41) is 9.38. The molecule has 0 radical (unpaired) electrons. The summed E-state index contributed by atoms with van der Waals surface area (Å²) in [5.74, 6) is 0. The lowest BCUT2D eigenvalue weighted by Gasteiger charge is -2.22. The third-order valence-corrected chi connectivity index (χ3v) is 4.31. The highest BCUT2D eigenvalue weighted by atomic mass is 32.2. The molecule has 2 N–H and O–H groups in total. The number of aromatic nitrogens is 2. The van der Waals surface area contributed by atoms with Crippen molar-refractivity contribution < 1.29 is 35.0 Å². The lowest BCUT2D eigenvalue weighted by atomic mass is 10.1. The molecule has 0 aromatic carbocycles. The van der Waals surface area contributed by atoms with Gasteiger partial charge in [-0.25, -0.2) is 4.79 Å². The minimum absolute atomic E-state index is 0.706. The van der Waals surface area contributed by atoms with Gasteiger partial charge in [0.15, 0.2) is 12.3 Å². The van der Waals surface area contributed by atoms with Crippen LogP contribution >= 0.6 is 0 Å². The smallest absolute Gasteiger partial charge is 0.330 e. The molecule has 0 saturated carbocycles. The Morgan fingerprint density at radius 3 is 2.20 bits per heavy atom. The number of H-pyrrole nitrogens is 1. The Morgan fingerprint density at radius 2 is 1.72 bits per heavy atom. The predicted molar refractivity (Wildman–Crippen MR) is 81.8 cm³/mol. The molecule has 1 aromatic heterocycles. The van der Waals surface area contributed by atoms with Gasteiger partial charge in [-0.3, -0.25) is 22.7 Å². The first-order chi connectivity index (χ1) is 11.4. The largest absolute Gasteiger partial charge is 0.394 e. The van der Waals surface area contributed by atoms with Crippen molar-refractivity contribution in [1.82, 2.24) is 9.55 Å². The Kier molecular flexibility index (Phi) is 5.50. The quantitative estimate of drug-likeness (QED) is 0.472. The number of nitrogens with zero attached hydrogens (tertiary/aromatic N) is 1. The summed E-state index contributed by atoms with van der Waals surface area (Å²) >= 11 is 0. The summed E-state index contributed by atoms with van der Waals surface area (Å²) in [6.07, 6.45) is -3.47. The van der Waals surface area contributed by atoms with Gasteiger partial charge < -0.3 is 9.84 Å². The van der Waals surface area contributed by atoms with E-state index in [9.17, 15) is 31.5 Å². The van der Waals surface area contributed by atoms with Gasteiger partial charge in [0, 0.05) is 12.3 Å². The van der Waals surface area contributed by atoms with E-state index in [-0.39, 0.29) is 0 Å². The number of rotatable bonds is 6. The van der Waals surface area contributed by atoms with Gasteiger partial charge in [-0.05, 0) is 0 Å². The lowest BCUT2D eigenvalue weighted by Crippen LogP contribution is -2.42. The highest BCUT2D eigenvalue weighted by Crippen LogP contribution is 2.34. The van der Waals surface area contributed by atoms with Gasteiger partial charge in [-0.2, -0.15) is 16.8 Å². The third kappa shape index (κ3) is 4.96. The van der Waals surface area contributed by atoms with Crippen molar-refractivity contribution in [3.05, 3.63) is 33.1 Å². The number of hydrogen-bond acceptors (Lipinski definition) is 10. The molecular weight excluding hydrogens is 384 g/mol. The second kappa shape index (κ2) is 6.97. The highest BCUT2D eigenvalue weighted by Gasteiger charge is 2.50.